The van der Waals surface area contributed by atoms with Crippen LogP contribution in [0.15, 0.2) is 24.3 Å². The van der Waals surface area contributed by atoms with Crippen molar-refractivity contribution < 1.29 is 13.2 Å². The number of rotatable bonds is 6. The number of hydrogen-bond donors (Lipinski definition) is 1. The van der Waals surface area contributed by atoms with E-state index in [0.717, 1.165) is 11.8 Å². The Morgan fingerprint density at radius 1 is 1.33 bits per heavy atom. The van der Waals surface area contributed by atoms with Crippen molar-refractivity contribution in [3.8, 4) is 0 Å². The summed E-state index contributed by atoms with van der Waals surface area (Å²) in [5.74, 6) is -0.134. The van der Waals surface area contributed by atoms with Gasteiger partial charge in [0.1, 0.15) is 9.84 Å². The van der Waals surface area contributed by atoms with Crippen molar-refractivity contribution in [2.24, 2.45) is 0 Å². The van der Waals surface area contributed by atoms with Gasteiger partial charge in [-0.05, 0) is 18.1 Å². The van der Waals surface area contributed by atoms with E-state index in [1.54, 1.807) is 6.07 Å². The third kappa shape index (κ3) is 6.02. The largest absolute Gasteiger partial charge is 0.352 e. The van der Waals surface area contributed by atoms with Crippen LogP contribution in [0.1, 0.15) is 18.4 Å². The van der Waals surface area contributed by atoms with Crippen molar-refractivity contribution in [3.63, 3.8) is 0 Å². The van der Waals surface area contributed by atoms with Gasteiger partial charge < -0.3 is 5.32 Å². The molecule has 1 rings (SSSR count). The van der Waals surface area contributed by atoms with Crippen LogP contribution in [0.25, 0.3) is 0 Å². The standard InChI is InChI=1S/C12H16ClNO3S/c1-18(16,17)8-4-7-12(15)14-9-10-5-2-3-6-11(10)13/h2-3,5-6H,4,7-9H2,1H3,(H,14,15). The molecule has 0 aliphatic heterocycles. The molecule has 0 unspecified atom stereocenters. The molecule has 18 heavy (non-hydrogen) atoms. The maximum Gasteiger partial charge on any atom is 0.220 e. The quantitative estimate of drug-likeness (QED) is 0.868. The van der Waals surface area contributed by atoms with Gasteiger partial charge in [0.05, 0.1) is 5.75 Å². The van der Waals surface area contributed by atoms with Gasteiger partial charge in [0.2, 0.25) is 5.91 Å². The third-order valence-electron chi connectivity index (χ3n) is 2.35. The smallest absolute Gasteiger partial charge is 0.220 e. The maximum absolute atomic E-state index is 11.5. The van der Waals surface area contributed by atoms with Gasteiger partial charge in [0.25, 0.3) is 0 Å². The molecule has 6 heteroatoms. The molecular weight excluding hydrogens is 274 g/mol. The number of amides is 1. The second-order valence-electron chi connectivity index (χ2n) is 4.10. The summed E-state index contributed by atoms with van der Waals surface area (Å²) in [7, 11) is -2.99. The predicted octanol–water partition coefficient (Wildman–Crippen LogP) is 1.78. The molecule has 0 aromatic heterocycles. The molecule has 0 saturated heterocycles. The van der Waals surface area contributed by atoms with Gasteiger partial charge >= 0.3 is 0 Å². The molecule has 1 aromatic rings. The minimum absolute atomic E-state index is 0.0342. The number of halogens is 1. The first-order chi connectivity index (χ1) is 8.38. The van der Waals surface area contributed by atoms with Crippen LogP contribution in [0.2, 0.25) is 5.02 Å². The summed E-state index contributed by atoms with van der Waals surface area (Å²) in [6.45, 7) is 0.359. The normalized spacial score (nSPS) is 11.2. The molecule has 1 aromatic carbocycles. The van der Waals surface area contributed by atoms with Crippen LogP contribution in [0.5, 0.6) is 0 Å². The number of carbonyl (C=O) groups is 1. The van der Waals surface area contributed by atoms with Crippen LogP contribution in [-0.4, -0.2) is 26.3 Å². The fourth-order valence-electron chi connectivity index (χ4n) is 1.42. The summed E-state index contributed by atoms with van der Waals surface area (Å²) in [5, 5.41) is 3.31. The first-order valence-electron chi connectivity index (χ1n) is 5.56. The Balaban J connectivity index is 2.32. The zero-order chi connectivity index (χ0) is 13.6. The Hall–Kier alpha value is -1.07. The number of carbonyl (C=O) groups excluding carboxylic acids is 1. The van der Waals surface area contributed by atoms with Gasteiger partial charge in [0, 0.05) is 24.2 Å². The van der Waals surface area contributed by atoms with E-state index in [2.05, 4.69) is 5.32 Å². The van der Waals surface area contributed by atoms with E-state index in [4.69, 9.17) is 11.6 Å². The molecule has 0 heterocycles. The lowest BCUT2D eigenvalue weighted by molar-refractivity contribution is -0.121. The van der Waals surface area contributed by atoms with Crippen molar-refractivity contribution in [2.75, 3.05) is 12.0 Å². The minimum Gasteiger partial charge on any atom is -0.352 e. The molecule has 100 valence electrons. The summed E-state index contributed by atoms with van der Waals surface area (Å²) < 4.78 is 21.8. The maximum atomic E-state index is 11.5. The van der Waals surface area contributed by atoms with Crippen LogP contribution in [-0.2, 0) is 21.2 Å². The highest BCUT2D eigenvalue weighted by Gasteiger charge is 2.06. The Morgan fingerprint density at radius 2 is 2.00 bits per heavy atom. The number of hydrogen-bond acceptors (Lipinski definition) is 3. The van der Waals surface area contributed by atoms with Gasteiger partial charge in [-0.2, -0.15) is 0 Å². The minimum atomic E-state index is -2.99. The van der Waals surface area contributed by atoms with Crippen molar-refractivity contribution in [1.82, 2.24) is 5.32 Å². The molecule has 0 aliphatic carbocycles. The summed E-state index contributed by atoms with van der Waals surface area (Å²) in [5.41, 5.74) is 0.843. The first-order valence-corrected chi connectivity index (χ1v) is 8.00. The average molecular weight is 290 g/mol. The summed E-state index contributed by atoms with van der Waals surface area (Å²) >= 11 is 5.94. The van der Waals surface area contributed by atoms with Crippen molar-refractivity contribution in [3.05, 3.63) is 34.9 Å². The van der Waals surface area contributed by atoms with E-state index in [9.17, 15) is 13.2 Å². The fourth-order valence-corrected chi connectivity index (χ4v) is 2.29. The van der Waals surface area contributed by atoms with Crippen molar-refractivity contribution >= 4 is 27.3 Å². The number of nitrogens with one attached hydrogen (secondary N) is 1. The van der Waals surface area contributed by atoms with Crippen LogP contribution in [0.3, 0.4) is 0 Å². The zero-order valence-electron chi connectivity index (χ0n) is 10.1. The molecule has 0 bridgehead atoms. The first kappa shape index (κ1) is 15.0. The highest BCUT2D eigenvalue weighted by molar-refractivity contribution is 7.90. The van der Waals surface area contributed by atoms with E-state index >= 15 is 0 Å². The number of benzene rings is 1. The Morgan fingerprint density at radius 3 is 2.61 bits per heavy atom. The summed E-state index contributed by atoms with van der Waals surface area (Å²) in [6, 6.07) is 7.25. The molecule has 0 atom stereocenters. The SMILES string of the molecule is CS(=O)(=O)CCCC(=O)NCc1ccccc1Cl. The van der Waals surface area contributed by atoms with Crippen LogP contribution in [0, 0.1) is 0 Å². The van der Waals surface area contributed by atoms with Gasteiger partial charge in [-0.15, -0.1) is 0 Å². The van der Waals surface area contributed by atoms with Crippen LogP contribution >= 0.6 is 11.6 Å². The van der Waals surface area contributed by atoms with Gasteiger partial charge in [-0.25, -0.2) is 8.42 Å². The van der Waals surface area contributed by atoms with Crippen molar-refractivity contribution in [2.45, 2.75) is 19.4 Å². The van der Waals surface area contributed by atoms with E-state index in [1.165, 1.54) is 0 Å². The zero-order valence-corrected chi connectivity index (χ0v) is 11.7. The predicted molar refractivity (Wildman–Crippen MR) is 72.2 cm³/mol. The second kappa shape index (κ2) is 6.75. The molecular formula is C12H16ClNO3S. The molecule has 0 saturated carbocycles. The Bertz CT molecular complexity index is 514. The lowest BCUT2D eigenvalue weighted by atomic mass is 10.2. The van der Waals surface area contributed by atoms with E-state index in [1.807, 2.05) is 18.2 Å². The van der Waals surface area contributed by atoms with E-state index in [-0.39, 0.29) is 18.1 Å². The Kier molecular flexibility index (Phi) is 5.62. The fraction of sp³-hybridized carbons (Fsp3) is 0.417. The van der Waals surface area contributed by atoms with Gasteiger partial charge in [-0.1, -0.05) is 29.8 Å². The topological polar surface area (TPSA) is 63.2 Å². The molecule has 1 N–H and O–H groups in total. The lowest BCUT2D eigenvalue weighted by Crippen LogP contribution is -2.23. The second-order valence-corrected chi connectivity index (χ2v) is 6.77. The van der Waals surface area contributed by atoms with Crippen LogP contribution < -0.4 is 5.32 Å². The molecule has 0 radical (unpaired) electrons. The molecule has 4 nitrogen and oxygen atoms in total. The molecule has 1 amide bonds. The monoisotopic (exact) mass is 289 g/mol. The summed E-state index contributed by atoms with van der Waals surface area (Å²) in [6.07, 6.45) is 1.71. The van der Waals surface area contributed by atoms with E-state index in [0.29, 0.717) is 18.0 Å². The highest BCUT2D eigenvalue weighted by atomic mass is 35.5. The third-order valence-corrected chi connectivity index (χ3v) is 3.75. The van der Waals surface area contributed by atoms with Gasteiger partial charge in [-0.3, -0.25) is 4.79 Å². The molecule has 0 spiro atoms. The highest BCUT2D eigenvalue weighted by Crippen LogP contribution is 2.14. The van der Waals surface area contributed by atoms with Gasteiger partial charge in [0.15, 0.2) is 0 Å². The lowest BCUT2D eigenvalue weighted by Gasteiger charge is -2.06. The number of sulfone groups is 1. The molecule has 0 fully saturated rings. The summed E-state index contributed by atoms with van der Waals surface area (Å²) in [4.78, 5) is 11.5. The van der Waals surface area contributed by atoms with Crippen LogP contribution in [0.4, 0.5) is 0 Å². The molecule has 0 aliphatic rings. The van der Waals surface area contributed by atoms with E-state index < -0.39 is 9.84 Å². The van der Waals surface area contributed by atoms with Crippen molar-refractivity contribution in [1.29, 1.82) is 0 Å². The average Bonchev–Trinajstić information content (AvgIpc) is 2.26. The Labute approximate surface area is 112 Å².